The van der Waals surface area contributed by atoms with Crippen LogP contribution >= 0.6 is 11.3 Å². The van der Waals surface area contributed by atoms with Crippen molar-refractivity contribution in [3.8, 4) is 0 Å². The zero-order valence-electron chi connectivity index (χ0n) is 11.4. The van der Waals surface area contributed by atoms with Crippen molar-refractivity contribution < 1.29 is 13.2 Å². The Balaban J connectivity index is 1.95. The number of carbonyl (C=O) groups is 1. The summed E-state index contributed by atoms with van der Waals surface area (Å²) in [5, 5.41) is 3.40. The van der Waals surface area contributed by atoms with E-state index in [1.54, 1.807) is 4.90 Å². The maximum atomic E-state index is 12.0. The molecule has 2 heterocycles. The monoisotopic (exact) mass is 318 g/mol. The Morgan fingerprint density at radius 1 is 1.55 bits per heavy atom. The molecule has 2 rings (SSSR count). The van der Waals surface area contributed by atoms with E-state index in [0.717, 1.165) is 0 Å². The van der Waals surface area contributed by atoms with E-state index in [1.165, 1.54) is 11.3 Å². The minimum Gasteiger partial charge on any atom is -0.382 e. The van der Waals surface area contributed by atoms with Crippen LogP contribution in [0.15, 0.2) is 0 Å². The molecular formula is C11H18N4O3S2. The van der Waals surface area contributed by atoms with Gasteiger partial charge in [-0.15, -0.1) is 0 Å². The fourth-order valence-electron chi connectivity index (χ4n) is 2.02. The number of thiazole rings is 1. The summed E-state index contributed by atoms with van der Waals surface area (Å²) in [6.45, 7) is 0.354. The van der Waals surface area contributed by atoms with Gasteiger partial charge in [0.05, 0.1) is 11.5 Å². The maximum Gasteiger partial charge on any atom is 0.265 e. The molecule has 0 aliphatic carbocycles. The average Bonchev–Trinajstić information content (AvgIpc) is 2.89. The maximum absolute atomic E-state index is 12.0. The van der Waals surface area contributed by atoms with Gasteiger partial charge in [-0.1, -0.05) is 11.3 Å². The molecule has 1 amide bonds. The van der Waals surface area contributed by atoms with Crippen LogP contribution in [0.1, 0.15) is 16.1 Å². The second-order valence-electron chi connectivity index (χ2n) is 5.08. The van der Waals surface area contributed by atoms with Crippen molar-refractivity contribution in [2.24, 2.45) is 5.92 Å². The van der Waals surface area contributed by atoms with Gasteiger partial charge >= 0.3 is 0 Å². The summed E-state index contributed by atoms with van der Waals surface area (Å²) < 4.78 is 22.7. The first-order chi connectivity index (χ1) is 9.28. The molecule has 0 aromatic carbocycles. The fraction of sp³-hybridized carbons (Fsp3) is 0.636. The predicted octanol–water partition coefficient (Wildman–Crippen LogP) is -0.0442. The summed E-state index contributed by atoms with van der Waals surface area (Å²) in [5.41, 5.74) is 5.72. The Labute approximate surface area is 122 Å². The van der Waals surface area contributed by atoms with E-state index in [-0.39, 0.29) is 29.1 Å². The molecule has 0 spiro atoms. The molecule has 7 nitrogen and oxygen atoms in total. The number of rotatable bonds is 4. The van der Waals surface area contributed by atoms with E-state index in [1.807, 2.05) is 14.1 Å². The minimum atomic E-state index is -2.92. The second-order valence-corrected chi connectivity index (χ2v) is 8.29. The smallest absolute Gasteiger partial charge is 0.265 e. The van der Waals surface area contributed by atoms with Crippen LogP contribution in [0.25, 0.3) is 0 Å². The van der Waals surface area contributed by atoms with Crippen LogP contribution in [0.3, 0.4) is 0 Å². The highest BCUT2D eigenvalue weighted by Crippen LogP contribution is 2.26. The van der Waals surface area contributed by atoms with Gasteiger partial charge in [0.15, 0.2) is 15.0 Å². The summed E-state index contributed by atoms with van der Waals surface area (Å²) >= 11 is 1.22. The first kappa shape index (κ1) is 15.0. The predicted molar refractivity (Wildman–Crippen MR) is 79.9 cm³/mol. The van der Waals surface area contributed by atoms with E-state index >= 15 is 0 Å². The number of sulfone groups is 1. The number of anilines is 2. The average molecular weight is 318 g/mol. The van der Waals surface area contributed by atoms with Gasteiger partial charge < -0.3 is 16.0 Å². The Morgan fingerprint density at radius 3 is 2.75 bits per heavy atom. The highest BCUT2D eigenvalue weighted by atomic mass is 32.2. The summed E-state index contributed by atoms with van der Waals surface area (Å²) in [6, 6.07) is 0. The molecule has 0 radical (unpaired) electrons. The van der Waals surface area contributed by atoms with E-state index in [0.29, 0.717) is 23.0 Å². The van der Waals surface area contributed by atoms with Crippen molar-refractivity contribution in [3.63, 3.8) is 0 Å². The zero-order chi connectivity index (χ0) is 14.9. The van der Waals surface area contributed by atoms with E-state index in [4.69, 9.17) is 5.73 Å². The number of nitrogen functional groups attached to an aromatic ring is 1. The number of nitrogens with two attached hydrogens (primary N) is 1. The van der Waals surface area contributed by atoms with Gasteiger partial charge in [-0.2, -0.15) is 0 Å². The second kappa shape index (κ2) is 5.57. The van der Waals surface area contributed by atoms with Crippen molar-refractivity contribution in [2.75, 3.05) is 42.8 Å². The van der Waals surface area contributed by atoms with Gasteiger partial charge in [0, 0.05) is 20.6 Å². The number of aromatic nitrogens is 1. The number of amides is 1. The molecule has 112 valence electrons. The molecule has 1 aromatic heterocycles. The van der Waals surface area contributed by atoms with E-state index in [9.17, 15) is 13.2 Å². The molecule has 1 fully saturated rings. The third kappa shape index (κ3) is 3.40. The topological polar surface area (TPSA) is 105 Å². The number of nitrogens with zero attached hydrogens (tertiary/aromatic N) is 2. The molecule has 3 N–H and O–H groups in total. The lowest BCUT2D eigenvalue weighted by Gasteiger charge is -2.08. The fourth-order valence-corrected chi connectivity index (χ4v) is 4.71. The molecule has 1 aliphatic rings. The van der Waals surface area contributed by atoms with Crippen molar-refractivity contribution in [2.45, 2.75) is 6.42 Å². The molecule has 1 aromatic rings. The molecule has 1 saturated heterocycles. The largest absolute Gasteiger partial charge is 0.382 e. The van der Waals surface area contributed by atoms with Crippen LogP contribution in [0, 0.1) is 5.92 Å². The van der Waals surface area contributed by atoms with Crippen LogP contribution in [0.2, 0.25) is 0 Å². The van der Waals surface area contributed by atoms with Gasteiger partial charge in [0.25, 0.3) is 5.91 Å². The van der Waals surface area contributed by atoms with Crippen molar-refractivity contribution in [1.82, 2.24) is 10.3 Å². The van der Waals surface area contributed by atoms with Crippen LogP contribution < -0.4 is 16.0 Å². The van der Waals surface area contributed by atoms with Gasteiger partial charge in [-0.3, -0.25) is 4.79 Å². The van der Waals surface area contributed by atoms with Crippen molar-refractivity contribution in [3.05, 3.63) is 4.88 Å². The molecule has 1 unspecified atom stereocenters. The van der Waals surface area contributed by atoms with E-state index in [2.05, 4.69) is 10.3 Å². The highest BCUT2D eigenvalue weighted by Gasteiger charge is 2.28. The molecule has 1 atom stereocenters. The van der Waals surface area contributed by atoms with Crippen molar-refractivity contribution >= 4 is 38.0 Å². The Morgan fingerprint density at radius 2 is 2.25 bits per heavy atom. The first-order valence-electron chi connectivity index (χ1n) is 6.21. The van der Waals surface area contributed by atoms with Crippen molar-refractivity contribution in [1.29, 1.82) is 0 Å². The summed E-state index contributed by atoms with van der Waals surface area (Å²) in [6.07, 6.45) is 0.601. The van der Waals surface area contributed by atoms with Gasteiger partial charge in [-0.25, -0.2) is 13.4 Å². The Kier molecular flexibility index (Phi) is 4.19. The highest BCUT2D eigenvalue weighted by molar-refractivity contribution is 7.91. The molecular weight excluding hydrogens is 300 g/mol. The minimum absolute atomic E-state index is 0.00795. The first-order valence-corrected chi connectivity index (χ1v) is 8.84. The number of hydrogen-bond donors (Lipinski definition) is 2. The lowest BCUT2D eigenvalue weighted by molar-refractivity contribution is 0.0953. The van der Waals surface area contributed by atoms with Crippen LogP contribution in [-0.2, 0) is 9.84 Å². The van der Waals surface area contributed by atoms with Crippen LogP contribution in [0.5, 0.6) is 0 Å². The summed E-state index contributed by atoms with van der Waals surface area (Å²) in [4.78, 5) is 18.3. The third-order valence-corrected chi connectivity index (χ3v) is 6.18. The SMILES string of the molecule is CN(C)c1nc(N)c(C(=O)NCC2CCS(=O)(=O)C2)s1. The molecule has 0 saturated carbocycles. The summed E-state index contributed by atoms with van der Waals surface area (Å²) in [7, 11) is 0.730. The molecule has 20 heavy (non-hydrogen) atoms. The zero-order valence-corrected chi connectivity index (χ0v) is 13.1. The Bertz CT molecular complexity index is 609. The van der Waals surface area contributed by atoms with Crippen LogP contribution in [0.4, 0.5) is 10.9 Å². The molecule has 9 heteroatoms. The van der Waals surface area contributed by atoms with E-state index < -0.39 is 9.84 Å². The van der Waals surface area contributed by atoms with Gasteiger partial charge in [-0.05, 0) is 12.3 Å². The number of hydrogen-bond acceptors (Lipinski definition) is 7. The van der Waals surface area contributed by atoms with Gasteiger partial charge in [0.1, 0.15) is 10.7 Å². The lowest BCUT2D eigenvalue weighted by atomic mass is 10.1. The summed E-state index contributed by atoms with van der Waals surface area (Å²) in [5.74, 6) is 0.258. The quantitative estimate of drug-likeness (QED) is 0.807. The normalized spacial score (nSPS) is 20.8. The molecule has 0 bridgehead atoms. The number of nitrogens with one attached hydrogen (secondary N) is 1. The third-order valence-electron chi connectivity index (χ3n) is 3.11. The van der Waals surface area contributed by atoms with Crippen LogP contribution in [-0.4, -0.2) is 51.5 Å². The lowest BCUT2D eigenvalue weighted by Crippen LogP contribution is -2.29. The van der Waals surface area contributed by atoms with Gasteiger partial charge in [0.2, 0.25) is 0 Å². The number of carbonyl (C=O) groups excluding carboxylic acids is 1. The molecule has 1 aliphatic heterocycles. The Hall–Kier alpha value is -1.35. The standard InChI is InChI=1S/C11H18N4O3S2/c1-15(2)11-14-9(12)8(19-11)10(16)13-5-7-3-4-20(17,18)6-7/h7H,3-6,12H2,1-2H3,(H,13,16).